The third-order valence-corrected chi connectivity index (χ3v) is 5.65. The molecule has 1 unspecified atom stereocenters. The van der Waals surface area contributed by atoms with Crippen LogP contribution in [0.5, 0.6) is 0 Å². The lowest BCUT2D eigenvalue weighted by Crippen LogP contribution is -2.38. The lowest BCUT2D eigenvalue weighted by Gasteiger charge is -2.25. The molecule has 0 aliphatic carbocycles. The lowest BCUT2D eigenvalue weighted by molar-refractivity contribution is 0.0772. The molecule has 1 N–H and O–H groups in total. The van der Waals surface area contributed by atoms with Gasteiger partial charge in [-0.1, -0.05) is 32.0 Å². The Kier molecular flexibility index (Phi) is 4.99. The van der Waals surface area contributed by atoms with Crippen molar-refractivity contribution in [2.45, 2.75) is 32.9 Å². The zero-order valence-electron chi connectivity index (χ0n) is 16.1. The molecule has 0 spiro atoms. The number of hydrogen-bond acceptors (Lipinski definition) is 3. The van der Waals surface area contributed by atoms with Gasteiger partial charge >= 0.3 is 0 Å². The Hall–Kier alpha value is -2.60. The number of hydrogen-bond donors (Lipinski definition) is 1. The molecular formula is C21H27N5O. The van der Waals surface area contributed by atoms with Crippen LogP contribution < -0.4 is 0 Å². The highest BCUT2D eigenvalue weighted by Crippen LogP contribution is 2.19. The van der Waals surface area contributed by atoms with E-state index in [4.69, 9.17) is 0 Å². The predicted octanol–water partition coefficient (Wildman–Crippen LogP) is 2.97. The Labute approximate surface area is 159 Å². The number of carbonyl (C=O) groups excluding carboxylic acids is 1. The number of nitrogens with one attached hydrogen (secondary N) is 1. The number of rotatable bonds is 6. The van der Waals surface area contributed by atoms with E-state index in [2.05, 4.69) is 57.9 Å². The third-order valence-electron chi connectivity index (χ3n) is 5.65. The first-order valence-electron chi connectivity index (χ1n) is 9.81. The molecule has 3 aromatic rings. The maximum Gasteiger partial charge on any atom is 0.274 e. The number of nitrogens with zero attached hydrogens (tertiary/aromatic N) is 4. The molecule has 1 aromatic carbocycles. The van der Waals surface area contributed by atoms with Crippen molar-refractivity contribution in [1.29, 1.82) is 0 Å². The van der Waals surface area contributed by atoms with E-state index in [-0.39, 0.29) is 5.91 Å². The van der Waals surface area contributed by atoms with Gasteiger partial charge in [-0.25, -0.2) is 0 Å². The van der Waals surface area contributed by atoms with Gasteiger partial charge in [0, 0.05) is 30.8 Å². The second kappa shape index (κ2) is 7.56. The van der Waals surface area contributed by atoms with Gasteiger partial charge in [-0.05, 0) is 43.1 Å². The van der Waals surface area contributed by atoms with Gasteiger partial charge in [0.15, 0.2) is 0 Å². The Morgan fingerprint density at radius 1 is 1.26 bits per heavy atom. The second-order valence-electron chi connectivity index (χ2n) is 7.20. The average molecular weight is 365 g/mol. The number of amides is 1. The van der Waals surface area contributed by atoms with Crippen LogP contribution >= 0.6 is 0 Å². The summed E-state index contributed by atoms with van der Waals surface area (Å²) in [6, 6.07) is 12.8. The minimum Gasteiger partial charge on any atom is -0.341 e. The predicted molar refractivity (Wildman–Crippen MR) is 107 cm³/mol. The zero-order chi connectivity index (χ0) is 18.8. The van der Waals surface area contributed by atoms with Gasteiger partial charge in [0.05, 0.1) is 12.2 Å². The third kappa shape index (κ3) is 3.49. The molecule has 1 aliphatic heterocycles. The number of likely N-dealkylation sites (tertiary alicyclic amines) is 1. The van der Waals surface area contributed by atoms with Crippen molar-refractivity contribution in [3.8, 4) is 0 Å². The first-order chi connectivity index (χ1) is 13.2. The molecule has 142 valence electrons. The van der Waals surface area contributed by atoms with Crippen LogP contribution in [-0.2, 0) is 6.54 Å². The van der Waals surface area contributed by atoms with Crippen molar-refractivity contribution in [1.82, 2.24) is 24.6 Å². The van der Waals surface area contributed by atoms with Crippen LogP contribution in [0, 0.1) is 0 Å². The minimum absolute atomic E-state index is 0.0320. The maximum atomic E-state index is 12.8. The first-order valence-corrected chi connectivity index (χ1v) is 9.81. The molecule has 0 bridgehead atoms. The van der Waals surface area contributed by atoms with Gasteiger partial charge in [-0.3, -0.25) is 14.8 Å². The van der Waals surface area contributed by atoms with E-state index in [1.165, 1.54) is 10.9 Å². The number of H-pyrrole nitrogens is 1. The van der Waals surface area contributed by atoms with Crippen LogP contribution in [0.4, 0.5) is 0 Å². The molecule has 0 radical (unpaired) electrons. The van der Waals surface area contributed by atoms with Crippen LogP contribution in [0.2, 0.25) is 0 Å². The van der Waals surface area contributed by atoms with Gasteiger partial charge in [0.2, 0.25) is 0 Å². The highest BCUT2D eigenvalue weighted by molar-refractivity contribution is 5.92. The van der Waals surface area contributed by atoms with E-state index in [0.29, 0.717) is 18.3 Å². The van der Waals surface area contributed by atoms with Gasteiger partial charge in [-0.2, -0.15) is 5.10 Å². The van der Waals surface area contributed by atoms with Crippen molar-refractivity contribution in [2.75, 3.05) is 26.2 Å². The fourth-order valence-electron chi connectivity index (χ4n) is 4.14. The Balaban J connectivity index is 1.44. The standard InChI is InChI=1S/C21H27N5O/c1-3-24(4-2)18-10-12-26(15-18)21(27)19-13-17(22-23-19)14-25-11-9-16-7-5-6-8-20(16)25/h5-9,11,13,18H,3-4,10,12,14-15H2,1-2H3,(H,22,23). The summed E-state index contributed by atoms with van der Waals surface area (Å²) in [5.74, 6) is 0.0320. The summed E-state index contributed by atoms with van der Waals surface area (Å²) in [6.07, 6.45) is 3.11. The van der Waals surface area contributed by atoms with Gasteiger partial charge in [-0.15, -0.1) is 0 Å². The lowest BCUT2D eigenvalue weighted by atomic mass is 10.2. The molecule has 2 aromatic heterocycles. The number of likely N-dealkylation sites (N-methyl/N-ethyl adjacent to an activating group) is 1. The monoisotopic (exact) mass is 365 g/mol. The normalized spacial score (nSPS) is 17.3. The summed E-state index contributed by atoms with van der Waals surface area (Å²) in [5.41, 5.74) is 2.64. The van der Waals surface area contributed by atoms with Crippen LogP contribution in [0.15, 0.2) is 42.6 Å². The molecule has 1 saturated heterocycles. The van der Waals surface area contributed by atoms with Crippen molar-refractivity contribution in [3.05, 3.63) is 54.0 Å². The summed E-state index contributed by atoms with van der Waals surface area (Å²) < 4.78 is 2.17. The molecule has 4 rings (SSSR count). The Morgan fingerprint density at radius 2 is 2.07 bits per heavy atom. The van der Waals surface area contributed by atoms with E-state index < -0.39 is 0 Å². The van der Waals surface area contributed by atoms with Crippen LogP contribution in [0.1, 0.15) is 36.5 Å². The fourth-order valence-corrected chi connectivity index (χ4v) is 4.14. The van der Waals surface area contributed by atoms with E-state index in [0.717, 1.165) is 38.3 Å². The number of fused-ring (bicyclic) bond motifs is 1. The smallest absolute Gasteiger partial charge is 0.274 e. The van der Waals surface area contributed by atoms with Crippen molar-refractivity contribution >= 4 is 16.8 Å². The molecule has 3 heterocycles. The summed E-state index contributed by atoms with van der Waals surface area (Å²) in [4.78, 5) is 17.2. The molecule has 27 heavy (non-hydrogen) atoms. The maximum absolute atomic E-state index is 12.8. The number of carbonyl (C=O) groups is 1. The molecule has 6 heteroatoms. The molecule has 6 nitrogen and oxygen atoms in total. The van der Waals surface area contributed by atoms with Gasteiger partial charge in [0.25, 0.3) is 5.91 Å². The highest BCUT2D eigenvalue weighted by atomic mass is 16.2. The molecule has 1 amide bonds. The van der Waals surface area contributed by atoms with Crippen molar-refractivity contribution in [3.63, 3.8) is 0 Å². The van der Waals surface area contributed by atoms with Gasteiger partial charge in [0.1, 0.15) is 5.69 Å². The second-order valence-corrected chi connectivity index (χ2v) is 7.20. The zero-order valence-corrected chi connectivity index (χ0v) is 16.1. The quantitative estimate of drug-likeness (QED) is 0.731. The van der Waals surface area contributed by atoms with Crippen LogP contribution in [0.3, 0.4) is 0 Å². The minimum atomic E-state index is 0.0320. The summed E-state index contributed by atoms with van der Waals surface area (Å²) >= 11 is 0. The Bertz CT molecular complexity index is 923. The number of aromatic nitrogens is 3. The fraction of sp³-hybridized carbons (Fsp3) is 0.429. The summed E-state index contributed by atoms with van der Waals surface area (Å²) in [5, 5.41) is 8.54. The van der Waals surface area contributed by atoms with Crippen LogP contribution in [-0.4, -0.2) is 62.7 Å². The Morgan fingerprint density at radius 3 is 2.89 bits per heavy atom. The van der Waals surface area contributed by atoms with E-state index in [1.54, 1.807) is 0 Å². The van der Waals surface area contributed by atoms with Crippen LogP contribution in [0.25, 0.3) is 10.9 Å². The molecule has 1 aliphatic rings. The summed E-state index contributed by atoms with van der Waals surface area (Å²) in [7, 11) is 0. The SMILES string of the molecule is CCN(CC)C1CCN(C(=O)c2cc(Cn3ccc4ccccc43)[nH]n2)C1. The van der Waals surface area contributed by atoms with E-state index >= 15 is 0 Å². The highest BCUT2D eigenvalue weighted by Gasteiger charge is 2.30. The molecule has 1 fully saturated rings. The summed E-state index contributed by atoms with van der Waals surface area (Å²) in [6.45, 7) is 8.70. The largest absolute Gasteiger partial charge is 0.341 e. The molecule has 1 atom stereocenters. The average Bonchev–Trinajstić information content (AvgIpc) is 3.43. The first kappa shape index (κ1) is 17.8. The topological polar surface area (TPSA) is 57.2 Å². The number of para-hydroxylation sites is 1. The number of aromatic amines is 1. The van der Waals surface area contributed by atoms with E-state index in [1.807, 2.05) is 23.1 Å². The number of benzene rings is 1. The van der Waals surface area contributed by atoms with Crippen molar-refractivity contribution in [2.24, 2.45) is 0 Å². The van der Waals surface area contributed by atoms with Crippen molar-refractivity contribution < 1.29 is 4.79 Å². The molecular weight excluding hydrogens is 338 g/mol. The van der Waals surface area contributed by atoms with E-state index in [9.17, 15) is 4.79 Å². The molecule has 0 saturated carbocycles. The van der Waals surface area contributed by atoms with Gasteiger partial charge < -0.3 is 9.47 Å².